The molecule has 0 radical (unpaired) electrons. The van der Waals surface area contributed by atoms with Crippen molar-refractivity contribution in [1.82, 2.24) is 5.32 Å². The molecule has 3 aromatic rings. The minimum Gasteiger partial charge on any atom is -0.448 e. The third-order valence-corrected chi connectivity index (χ3v) is 5.36. The summed E-state index contributed by atoms with van der Waals surface area (Å²) in [5, 5.41) is 13.5. The van der Waals surface area contributed by atoms with Gasteiger partial charge in [-0.1, -0.05) is 63.2 Å². The van der Waals surface area contributed by atoms with E-state index < -0.39 is 35.2 Å². The van der Waals surface area contributed by atoms with E-state index in [1.165, 1.54) is 24.3 Å². The summed E-state index contributed by atoms with van der Waals surface area (Å²) in [6, 6.07) is 20.5. The molecule has 8 nitrogen and oxygen atoms in total. The summed E-state index contributed by atoms with van der Waals surface area (Å²) in [6.07, 6.45) is -1.33. The number of esters is 1. The lowest BCUT2D eigenvalue weighted by Gasteiger charge is -2.19. The topological polar surface area (TPSA) is 116 Å². The minimum absolute atomic E-state index is 0.0585. The maximum atomic E-state index is 13.1. The second kappa shape index (κ2) is 10.7. The molecule has 0 aliphatic rings. The molecule has 0 saturated heterocycles. The van der Waals surface area contributed by atoms with Crippen molar-refractivity contribution in [3.63, 3.8) is 0 Å². The number of hydrogen-bond acceptors (Lipinski definition) is 6. The molecule has 8 heteroatoms. The van der Waals surface area contributed by atoms with E-state index >= 15 is 0 Å². The van der Waals surface area contributed by atoms with Crippen LogP contribution in [0.25, 0.3) is 0 Å². The number of ketones is 1. The molecule has 180 valence electrons. The van der Waals surface area contributed by atoms with Crippen LogP contribution in [0.15, 0.2) is 78.9 Å². The lowest BCUT2D eigenvalue weighted by molar-refractivity contribution is -0.384. The molecule has 1 N–H and O–H groups in total. The Morgan fingerprint density at radius 3 is 2.03 bits per heavy atom. The van der Waals surface area contributed by atoms with Gasteiger partial charge in [0, 0.05) is 28.8 Å². The summed E-state index contributed by atoms with van der Waals surface area (Å²) in [6.45, 7) is 5.74. The average molecular weight is 475 g/mol. The molecule has 0 aliphatic carbocycles. The molecular formula is C27H26N2O6. The van der Waals surface area contributed by atoms with Gasteiger partial charge < -0.3 is 10.1 Å². The van der Waals surface area contributed by atoms with Crippen LogP contribution in [0.2, 0.25) is 0 Å². The molecule has 0 aliphatic heterocycles. The number of nitrogens with zero attached hydrogens (tertiary/aromatic N) is 1. The van der Waals surface area contributed by atoms with E-state index in [1.807, 2.05) is 12.1 Å². The van der Waals surface area contributed by atoms with Crippen LogP contribution < -0.4 is 5.32 Å². The number of Topliss-reactive ketones (excluding diaryl/α,β-unsaturated/α-hetero) is 1. The zero-order valence-electron chi connectivity index (χ0n) is 19.7. The number of ether oxygens (including phenoxy) is 1. The van der Waals surface area contributed by atoms with Gasteiger partial charge in [0.1, 0.15) is 6.54 Å². The summed E-state index contributed by atoms with van der Waals surface area (Å²) in [5.74, 6) is -1.77. The van der Waals surface area contributed by atoms with E-state index in [0.717, 1.165) is 5.56 Å². The molecule has 0 heterocycles. The second-order valence-corrected chi connectivity index (χ2v) is 8.96. The highest BCUT2D eigenvalue weighted by atomic mass is 16.6. The number of carbonyl (C=O) groups excluding carboxylic acids is 3. The standard InChI is InChI=1S/C27H26N2O6/c1-27(2,3)21-13-9-20(10-14-21)26(32)28-17-23(30)35-25(24(31)18-7-5-4-6-8-18)19-11-15-22(16-12-19)29(33)34/h4-16,25H,17H2,1-3H3,(H,28,32)/t25-/m0/s1. The Hall–Kier alpha value is -4.33. The molecule has 1 amide bonds. The molecule has 0 bridgehead atoms. The summed E-state index contributed by atoms with van der Waals surface area (Å²) in [4.78, 5) is 48.5. The Bertz CT molecular complexity index is 1210. The van der Waals surface area contributed by atoms with Crippen molar-refractivity contribution in [3.8, 4) is 0 Å². The smallest absolute Gasteiger partial charge is 0.326 e. The van der Waals surface area contributed by atoms with Crippen molar-refractivity contribution in [3.05, 3.63) is 111 Å². The van der Waals surface area contributed by atoms with Gasteiger partial charge in [0.15, 0.2) is 6.10 Å². The lowest BCUT2D eigenvalue weighted by Crippen LogP contribution is -2.32. The fourth-order valence-corrected chi connectivity index (χ4v) is 3.35. The van der Waals surface area contributed by atoms with Crippen LogP contribution in [0.1, 0.15) is 58.7 Å². The van der Waals surface area contributed by atoms with E-state index in [-0.39, 0.29) is 16.7 Å². The monoisotopic (exact) mass is 474 g/mol. The van der Waals surface area contributed by atoms with Crippen LogP contribution in [0.4, 0.5) is 5.69 Å². The van der Waals surface area contributed by atoms with Crippen molar-refractivity contribution in [1.29, 1.82) is 0 Å². The maximum absolute atomic E-state index is 13.1. The van der Waals surface area contributed by atoms with Crippen molar-refractivity contribution in [2.45, 2.75) is 32.3 Å². The Morgan fingerprint density at radius 1 is 0.886 bits per heavy atom. The number of amides is 1. The van der Waals surface area contributed by atoms with E-state index in [2.05, 4.69) is 26.1 Å². The minimum atomic E-state index is -1.33. The predicted octanol–water partition coefficient (Wildman–Crippen LogP) is 4.79. The first-order valence-corrected chi connectivity index (χ1v) is 11.0. The van der Waals surface area contributed by atoms with Gasteiger partial charge in [0.05, 0.1) is 4.92 Å². The van der Waals surface area contributed by atoms with E-state index in [4.69, 9.17) is 4.74 Å². The van der Waals surface area contributed by atoms with Crippen LogP contribution in [0.3, 0.4) is 0 Å². The summed E-state index contributed by atoms with van der Waals surface area (Å²) < 4.78 is 5.43. The molecule has 35 heavy (non-hydrogen) atoms. The highest BCUT2D eigenvalue weighted by Gasteiger charge is 2.27. The number of carbonyl (C=O) groups is 3. The third kappa shape index (κ3) is 6.60. The fourth-order valence-electron chi connectivity index (χ4n) is 3.35. The Labute approximate surface area is 203 Å². The first-order valence-electron chi connectivity index (χ1n) is 11.0. The molecular weight excluding hydrogens is 448 g/mol. The molecule has 0 saturated carbocycles. The fraction of sp³-hybridized carbons (Fsp3) is 0.222. The first-order chi connectivity index (χ1) is 16.6. The molecule has 3 aromatic carbocycles. The largest absolute Gasteiger partial charge is 0.448 e. The molecule has 0 spiro atoms. The average Bonchev–Trinajstić information content (AvgIpc) is 2.85. The second-order valence-electron chi connectivity index (χ2n) is 8.96. The highest BCUT2D eigenvalue weighted by molar-refractivity contribution is 6.01. The van der Waals surface area contributed by atoms with E-state index in [1.54, 1.807) is 42.5 Å². The zero-order valence-corrected chi connectivity index (χ0v) is 19.7. The van der Waals surface area contributed by atoms with Gasteiger partial charge in [0.25, 0.3) is 11.6 Å². The zero-order chi connectivity index (χ0) is 25.6. The number of rotatable bonds is 8. The van der Waals surface area contributed by atoms with Crippen molar-refractivity contribution in [2.24, 2.45) is 0 Å². The predicted molar refractivity (Wildman–Crippen MR) is 130 cm³/mol. The van der Waals surface area contributed by atoms with Gasteiger partial charge in [-0.2, -0.15) is 0 Å². The highest BCUT2D eigenvalue weighted by Crippen LogP contribution is 2.25. The van der Waals surface area contributed by atoms with Gasteiger partial charge in [0.2, 0.25) is 5.78 Å². The number of hydrogen-bond donors (Lipinski definition) is 1. The quantitative estimate of drug-likeness (QED) is 0.217. The number of benzene rings is 3. The number of nitro benzene ring substituents is 1. The van der Waals surface area contributed by atoms with Crippen LogP contribution in [0, 0.1) is 10.1 Å². The van der Waals surface area contributed by atoms with Gasteiger partial charge in [-0.05, 0) is 35.2 Å². The lowest BCUT2D eigenvalue weighted by atomic mass is 9.87. The van der Waals surface area contributed by atoms with Crippen molar-refractivity contribution in [2.75, 3.05) is 6.54 Å². The molecule has 0 unspecified atom stereocenters. The molecule has 1 atom stereocenters. The Balaban J connectivity index is 1.72. The van der Waals surface area contributed by atoms with Crippen LogP contribution in [-0.2, 0) is 14.9 Å². The van der Waals surface area contributed by atoms with Gasteiger partial charge in [-0.3, -0.25) is 24.5 Å². The summed E-state index contributed by atoms with van der Waals surface area (Å²) >= 11 is 0. The van der Waals surface area contributed by atoms with Gasteiger partial charge in [-0.15, -0.1) is 0 Å². The molecule has 0 fully saturated rings. The van der Waals surface area contributed by atoms with Crippen molar-refractivity contribution < 1.29 is 24.0 Å². The van der Waals surface area contributed by atoms with Gasteiger partial charge >= 0.3 is 5.97 Å². The van der Waals surface area contributed by atoms with Crippen LogP contribution in [-0.4, -0.2) is 29.1 Å². The van der Waals surface area contributed by atoms with E-state index in [0.29, 0.717) is 11.1 Å². The normalized spacial score (nSPS) is 11.9. The Kier molecular flexibility index (Phi) is 7.76. The third-order valence-electron chi connectivity index (χ3n) is 5.36. The molecule has 0 aromatic heterocycles. The molecule has 3 rings (SSSR count). The summed E-state index contributed by atoms with van der Waals surface area (Å²) in [7, 11) is 0. The van der Waals surface area contributed by atoms with Crippen LogP contribution in [0.5, 0.6) is 0 Å². The summed E-state index contributed by atoms with van der Waals surface area (Å²) in [5.41, 5.74) is 1.83. The number of non-ortho nitro benzene ring substituents is 1. The maximum Gasteiger partial charge on any atom is 0.326 e. The van der Waals surface area contributed by atoms with Gasteiger partial charge in [-0.25, -0.2) is 0 Å². The number of nitrogens with one attached hydrogen (secondary N) is 1. The Morgan fingerprint density at radius 2 is 1.49 bits per heavy atom. The van der Waals surface area contributed by atoms with Crippen molar-refractivity contribution >= 4 is 23.3 Å². The van der Waals surface area contributed by atoms with Crippen LogP contribution >= 0.6 is 0 Å². The first kappa shape index (κ1) is 25.3. The SMILES string of the molecule is CC(C)(C)c1ccc(C(=O)NCC(=O)O[C@H](C(=O)c2ccccc2)c2ccc([N+](=O)[O-])cc2)cc1. The van der Waals surface area contributed by atoms with E-state index in [9.17, 15) is 24.5 Å². The number of nitro groups is 1.